The van der Waals surface area contributed by atoms with Gasteiger partial charge in [-0.05, 0) is 45.4 Å². The number of carbonyl (C=O) groups is 1. The zero-order valence-corrected chi connectivity index (χ0v) is 14.0. The summed E-state index contributed by atoms with van der Waals surface area (Å²) in [4.78, 5) is 12.2. The molecule has 0 heterocycles. The lowest BCUT2D eigenvalue weighted by atomic mass is 9.73. The van der Waals surface area contributed by atoms with Gasteiger partial charge >= 0.3 is 0 Å². The predicted octanol–water partition coefficient (Wildman–Crippen LogP) is 3.07. The van der Waals surface area contributed by atoms with Gasteiger partial charge in [-0.25, -0.2) is 8.93 Å². The van der Waals surface area contributed by atoms with Crippen LogP contribution in [0.2, 0.25) is 0 Å². The molecule has 3 nitrogen and oxygen atoms in total. The molecule has 1 aliphatic carbocycles. The highest BCUT2D eigenvalue weighted by atomic mass is 32.2. The minimum atomic E-state index is -1.12. The number of carbonyl (C=O) groups excluding carboxylic acids is 1. The number of ketones is 1. The Balaban J connectivity index is 2.88. The second-order valence-electron chi connectivity index (χ2n) is 7.13. The van der Waals surface area contributed by atoms with E-state index in [0.29, 0.717) is 24.0 Å². The predicted molar refractivity (Wildman–Crippen MR) is 81.2 cm³/mol. The smallest absolute Gasteiger partial charge is 0.137 e. The Bertz CT molecular complexity index is 347. The van der Waals surface area contributed by atoms with E-state index in [9.17, 15) is 9.00 Å². The SMILES string of the molecule is CC(C)[C@@H](N[S@](=O)C(C)(C)C)[C@H]1C(=O)CCC[C@@H]1C. The lowest BCUT2D eigenvalue weighted by Gasteiger charge is -2.37. The minimum Gasteiger partial charge on any atom is -0.299 e. The molecule has 0 amide bonds. The zero-order valence-electron chi connectivity index (χ0n) is 13.2. The molecule has 0 bridgehead atoms. The number of hydrogen-bond donors (Lipinski definition) is 1. The molecule has 0 aliphatic heterocycles. The van der Waals surface area contributed by atoms with E-state index in [1.165, 1.54) is 0 Å². The van der Waals surface area contributed by atoms with E-state index < -0.39 is 11.0 Å². The molecule has 4 atom stereocenters. The summed E-state index contributed by atoms with van der Waals surface area (Å²) in [6.07, 6.45) is 2.79. The first-order chi connectivity index (χ1) is 8.64. The molecular weight excluding hydrogens is 258 g/mol. The van der Waals surface area contributed by atoms with Crippen molar-refractivity contribution < 1.29 is 9.00 Å². The van der Waals surface area contributed by atoms with Gasteiger partial charge in [0.05, 0.1) is 15.7 Å². The largest absolute Gasteiger partial charge is 0.299 e. The molecule has 0 saturated heterocycles. The third-order valence-corrected chi connectivity index (χ3v) is 5.57. The highest BCUT2D eigenvalue weighted by Crippen LogP contribution is 2.32. The number of Topliss-reactive ketones (excluding diaryl/α,β-unsaturated/α-hetero) is 1. The molecule has 4 heteroatoms. The maximum atomic E-state index is 12.3. The molecule has 0 unspecified atom stereocenters. The molecule has 0 aromatic heterocycles. The van der Waals surface area contributed by atoms with Crippen molar-refractivity contribution in [2.45, 2.75) is 71.6 Å². The van der Waals surface area contributed by atoms with Gasteiger partial charge in [-0.15, -0.1) is 0 Å². The Labute approximate surface area is 120 Å². The molecule has 112 valence electrons. The van der Waals surface area contributed by atoms with E-state index in [0.717, 1.165) is 12.8 Å². The van der Waals surface area contributed by atoms with Crippen LogP contribution in [-0.2, 0) is 15.8 Å². The molecule has 1 aliphatic rings. The molecule has 0 aromatic rings. The number of nitrogens with one attached hydrogen (secondary N) is 1. The maximum Gasteiger partial charge on any atom is 0.137 e. The van der Waals surface area contributed by atoms with Crippen molar-refractivity contribution in [3.63, 3.8) is 0 Å². The van der Waals surface area contributed by atoms with Crippen LogP contribution in [0, 0.1) is 17.8 Å². The summed E-state index contributed by atoms with van der Waals surface area (Å²) < 4.78 is 15.3. The van der Waals surface area contributed by atoms with Crippen molar-refractivity contribution >= 4 is 16.8 Å². The van der Waals surface area contributed by atoms with Crippen LogP contribution in [0.5, 0.6) is 0 Å². The summed E-state index contributed by atoms with van der Waals surface area (Å²) in [5.74, 6) is 1.05. The van der Waals surface area contributed by atoms with Gasteiger partial charge in [0.25, 0.3) is 0 Å². The molecule has 0 aromatic carbocycles. The average Bonchev–Trinajstić information content (AvgIpc) is 2.25. The Kier molecular flexibility index (Phi) is 5.75. The van der Waals surface area contributed by atoms with Gasteiger partial charge in [-0.3, -0.25) is 4.79 Å². The van der Waals surface area contributed by atoms with Crippen LogP contribution < -0.4 is 4.72 Å². The lowest BCUT2D eigenvalue weighted by Crippen LogP contribution is -2.51. The first-order valence-corrected chi connectivity index (χ1v) is 8.50. The van der Waals surface area contributed by atoms with E-state index in [1.807, 2.05) is 20.8 Å². The van der Waals surface area contributed by atoms with Crippen molar-refractivity contribution in [2.75, 3.05) is 0 Å². The Morgan fingerprint density at radius 3 is 2.32 bits per heavy atom. The van der Waals surface area contributed by atoms with Crippen molar-refractivity contribution in [1.29, 1.82) is 0 Å². The van der Waals surface area contributed by atoms with Crippen molar-refractivity contribution in [1.82, 2.24) is 4.72 Å². The highest BCUT2D eigenvalue weighted by Gasteiger charge is 2.38. The van der Waals surface area contributed by atoms with Crippen molar-refractivity contribution in [2.24, 2.45) is 17.8 Å². The summed E-state index contributed by atoms with van der Waals surface area (Å²) in [6, 6.07) is 0.0165. The summed E-state index contributed by atoms with van der Waals surface area (Å²) in [7, 11) is -1.12. The Morgan fingerprint density at radius 1 is 1.32 bits per heavy atom. The first kappa shape index (κ1) is 16.8. The Hall–Kier alpha value is -0.220. The highest BCUT2D eigenvalue weighted by molar-refractivity contribution is 7.84. The first-order valence-electron chi connectivity index (χ1n) is 7.35. The fourth-order valence-corrected chi connectivity index (χ4v) is 3.76. The van der Waals surface area contributed by atoms with Crippen molar-refractivity contribution in [3.05, 3.63) is 0 Å². The van der Waals surface area contributed by atoms with Crippen LogP contribution in [0.25, 0.3) is 0 Å². The molecule has 1 rings (SSSR count). The van der Waals surface area contributed by atoms with Crippen LogP contribution in [-0.4, -0.2) is 20.8 Å². The summed E-state index contributed by atoms with van der Waals surface area (Å²) in [6.45, 7) is 12.2. The monoisotopic (exact) mass is 287 g/mol. The van der Waals surface area contributed by atoms with Crippen LogP contribution >= 0.6 is 0 Å². The quantitative estimate of drug-likeness (QED) is 0.863. The third-order valence-electron chi connectivity index (χ3n) is 3.97. The number of hydrogen-bond acceptors (Lipinski definition) is 2. The van der Waals surface area contributed by atoms with Crippen LogP contribution in [0.15, 0.2) is 0 Å². The fraction of sp³-hybridized carbons (Fsp3) is 0.933. The van der Waals surface area contributed by atoms with E-state index in [1.54, 1.807) is 0 Å². The molecule has 1 N–H and O–H groups in total. The number of rotatable bonds is 4. The van der Waals surface area contributed by atoms with Crippen LogP contribution in [0.3, 0.4) is 0 Å². The third kappa shape index (κ3) is 4.38. The van der Waals surface area contributed by atoms with Gasteiger partial charge in [-0.1, -0.05) is 20.8 Å². The second kappa shape index (κ2) is 6.49. The molecule has 1 fully saturated rings. The van der Waals surface area contributed by atoms with Gasteiger partial charge in [0.2, 0.25) is 0 Å². The van der Waals surface area contributed by atoms with E-state index in [-0.39, 0.29) is 16.7 Å². The Morgan fingerprint density at radius 2 is 1.89 bits per heavy atom. The molecule has 1 saturated carbocycles. The van der Waals surface area contributed by atoms with E-state index >= 15 is 0 Å². The normalized spacial score (nSPS) is 28.5. The van der Waals surface area contributed by atoms with Crippen LogP contribution in [0.4, 0.5) is 0 Å². The van der Waals surface area contributed by atoms with E-state index in [2.05, 4.69) is 25.5 Å². The minimum absolute atomic E-state index is 0.0139. The molecular formula is C15H29NO2S. The maximum absolute atomic E-state index is 12.3. The lowest BCUT2D eigenvalue weighted by molar-refractivity contribution is -0.127. The summed E-state index contributed by atoms with van der Waals surface area (Å²) >= 11 is 0. The second-order valence-corrected chi connectivity index (χ2v) is 9.13. The van der Waals surface area contributed by atoms with Gasteiger partial charge in [-0.2, -0.15) is 0 Å². The van der Waals surface area contributed by atoms with Gasteiger partial charge < -0.3 is 0 Å². The standard InChI is InChI=1S/C15H29NO2S/c1-10(2)14(16-19(18)15(4,5)6)13-11(3)8-7-9-12(13)17/h10-11,13-14,16H,7-9H2,1-6H3/t11-,13+,14+,19+/m0/s1. The van der Waals surface area contributed by atoms with Crippen molar-refractivity contribution in [3.8, 4) is 0 Å². The molecule has 0 radical (unpaired) electrons. The summed E-state index contributed by atoms with van der Waals surface area (Å²) in [5, 5.41) is 0. The topological polar surface area (TPSA) is 46.2 Å². The molecule has 19 heavy (non-hydrogen) atoms. The van der Waals surface area contributed by atoms with Crippen LogP contribution in [0.1, 0.15) is 60.8 Å². The van der Waals surface area contributed by atoms with Gasteiger partial charge in [0.15, 0.2) is 0 Å². The fourth-order valence-electron chi connectivity index (χ4n) is 2.74. The van der Waals surface area contributed by atoms with E-state index in [4.69, 9.17) is 0 Å². The van der Waals surface area contributed by atoms with Gasteiger partial charge in [0.1, 0.15) is 5.78 Å². The summed E-state index contributed by atoms with van der Waals surface area (Å²) in [5.41, 5.74) is 0. The zero-order chi connectivity index (χ0) is 14.8. The molecule has 0 spiro atoms. The average molecular weight is 287 g/mol. The van der Waals surface area contributed by atoms with Gasteiger partial charge in [0, 0.05) is 18.4 Å².